The average Bonchev–Trinajstić information content (AvgIpc) is 3.28. The molecule has 2 aliphatic heterocycles. The molecule has 158 valence electrons. The predicted octanol–water partition coefficient (Wildman–Crippen LogP) is 2.64. The Morgan fingerprint density at radius 3 is 2.84 bits per heavy atom. The zero-order chi connectivity index (χ0) is 21.4. The lowest BCUT2D eigenvalue weighted by Crippen LogP contribution is -2.56. The summed E-state index contributed by atoms with van der Waals surface area (Å²) in [6.07, 6.45) is 3.63. The summed E-state index contributed by atoms with van der Waals surface area (Å²) in [5.41, 5.74) is 1.55. The predicted molar refractivity (Wildman–Crippen MR) is 116 cm³/mol. The third kappa shape index (κ3) is 3.50. The number of carbonyl (C=O) groups is 2. The molecule has 31 heavy (non-hydrogen) atoms. The molecular weight excluding hydrogens is 396 g/mol. The molecule has 0 bridgehead atoms. The SMILES string of the molecule is CC1CN(c2cccc3cnccc23)CCN1C(=O)C(=O)Nc1cccc2c1OCO2. The number of fused-ring (bicyclic) bond motifs is 2. The highest BCUT2D eigenvalue weighted by Crippen LogP contribution is 2.38. The summed E-state index contributed by atoms with van der Waals surface area (Å²) in [5.74, 6) is -0.226. The minimum absolute atomic E-state index is 0.0966. The van der Waals surface area contributed by atoms with Gasteiger partial charge in [-0.2, -0.15) is 0 Å². The number of benzene rings is 2. The fraction of sp³-hybridized carbons (Fsp3) is 0.261. The number of amides is 2. The Hall–Kier alpha value is -3.81. The molecule has 0 radical (unpaired) electrons. The van der Waals surface area contributed by atoms with Gasteiger partial charge in [-0.25, -0.2) is 0 Å². The van der Waals surface area contributed by atoms with Gasteiger partial charge in [-0.3, -0.25) is 14.6 Å². The highest BCUT2D eigenvalue weighted by molar-refractivity contribution is 6.39. The molecule has 3 aromatic rings. The van der Waals surface area contributed by atoms with Crippen molar-refractivity contribution in [2.75, 3.05) is 36.6 Å². The van der Waals surface area contributed by atoms with Crippen molar-refractivity contribution in [1.29, 1.82) is 0 Å². The van der Waals surface area contributed by atoms with Crippen molar-refractivity contribution < 1.29 is 19.1 Å². The van der Waals surface area contributed by atoms with Gasteiger partial charge in [-0.05, 0) is 31.2 Å². The largest absolute Gasteiger partial charge is 0.454 e. The van der Waals surface area contributed by atoms with Crippen LogP contribution in [0.4, 0.5) is 11.4 Å². The third-order valence-corrected chi connectivity index (χ3v) is 5.73. The molecule has 0 spiro atoms. The van der Waals surface area contributed by atoms with E-state index in [1.54, 1.807) is 29.3 Å². The average molecular weight is 418 g/mol. The van der Waals surface area contributed by atoms with Crippen molar-refractivity contribution in [2.45, 2.75) is 13.0 Å². The normalized spacial score (nSPS) is 17.6. The fourth-order valence-electron chi connectivity index (χ4n) is 4.19. The summed E-state index contributed by atoms with van der Waals surface area (Å²) < 4.78 is 10.7. The van der Waals surface area contributed by atoms with Gasteiger partial charge >= 0.3 is 11.8 Å². The Morgan fingerprint density at radius 2 is 1.97 bits per heavy atom. The van der Waals surface area contributed by atoms with Crippen LogP contribution in [0, 0.1) is 0 Å². The maximum absolute atomic E-state index is 12.9. The first-order valence-corrected chi connectivity index (χ1v) is 10.2. The van der Waals surface area contributed by atoms with Crippen LogP contribution in [0.5, 0.6) is 11.5 Å². The van der Waals surface area contributed by atoms with Crippen molar-refractivity contribution in [3.05, 3.63) is 54.9 Å². The topological polar surface area (TPSA) is 84.0 Å². The molecule has 1 N–H and O–H groups in total. The first-order valence-electron chi connectivity index (χ1n) is 10.2. The first kappa shape index (κ1) is 19.2. The lowest BCUT2D eigenvalue weighted by Gasteiger charge is -2.41. The molecule has 1 saturated heterocycles. The molecule has 1 fully saturated rings. The molecular formula is C23H22N4O4. The number of nitrogens with zero attached hydrogens (tertiary/aromatic N) is 3. The zero-order valence-corrected chi connectivity index (χ0v) is 17.1. The summed E-state index contributed by atoms with van der Waals surface area (Å²) in [6.45, 7) is 3.79. The van der Waals surface area contributed by atoms with Crippen molar-refractivity contribution in [3.63, 3.8) is 0 Å². The Morgan fingerprint density at radius 1 is 1.10 bits per heavy atom. The van der Waals surface area contributed by atoms with Gasteiger partial charge in [0, 0.05) is 54.5 Å². The summed E-state index contributed by atoms with van der Waals surface area (Å²) >= 11 is 0. The number of hydrogen-bond acceptors (Lipinski definition) is 6. The van der Waals surface area contributed by atoms with E-state index in [4.69, 9.17) is 9.47 Å². The van der Waals surface area contributed by atoms with Gasteiger partial charge in [-0.15, -0.1) is 0 Å². The Kier molecular flexibility index (Phi) is 4.82. The van der Waals surface area contributed by atoms with E-state index in [-0.39, 0.29) is 12.8 Å². The van der Waals surface area contributed by atoms with Gasteiger partial charge < -0.3 is 24.6 Å². The van der Waals surface area contributed by atoms with Crippen LogP contribution in [0.15, 0.2) is 54.9 Å². The van der Waals surface area contributed by atoms with Crippen LogP contribution in [0.2, 0.25) is 0 Å². The molecule has 3 heterocycles. The second-order valence-electron chi connectivity index (χ2n) is 7.66. The zero-order valence-electron chi connectivity index (χ0n) is 17.1. The van der Waals surface area contributed by atoms with E-state index < -0.39 is 11.8 Å². The van der Waals surface area contributed by atoms with Gasteiger partial charge in [0.05, 0.1) is 5.69 Å². The van der Waals surface area contributed by atoms with Crippen LogP contribution in [-0.2, 0) is 9.59 Å². The van der Waals surface area contributed by atoms with Crippen LogP contribution < -0.4 is 19.7 Å². The van der Waals surface area contributed by atoms with Crippen molar-refractivity contribution >= 4 is 34.0 Å². The Bertz CT molecular complexity index is 1160. The number of anilines is 2. The van der Waals surface area contributed by atoms with E-state index in [0.717, 1.165) is 16.5 Å². The second kappa shape index (κ2) is 7.79. The van der Waals surface area contributed by atoms with E-state index in [9.17, 15) is 9.59 Å². The van der Waals surface area contributed by atoms with E-state index in [2.05, 4.69) is 21.3 Å². The third-order valence-electron chi connectivity index (χ3n) is 5.73. The number of ether oxygens (including phenoxy) is 2. The maximum atomic E-state index is 12.9. The van der Waals surface area contributed by atoms with Crippen molar-refractivity contribution in [3.8, 4) is 11.5 Å². The summed E-state index contributed by atoms with van der Waals surface area (Å²) in [6, 6.07) is 13.2. The van der Waals surface area contributed by atoms with Gasteiger partial charge in [0.15, 0.2) is 11.5 Å². The van der Waals surface area contributed by atoms with E-state index in [1.165, 1.54) is 0 Å². The standard InChI is InChI=1S/C23H22N4O4/c1-15-13-26(19-6-2-4-16-12-24-9-8-17(16)19)10-11-27(15)23(29)22(28)25-18-5-3-7-20-21(18)31-14-30-20/h2-9,12,15H,10-11,13-14H2,1H3,(H,25,28). The molecule has 2 amide bonds. The molecule has 2 aliphatic rings. The van der Waals surface area contributed by atoms with Crippen molar-refractivity contribution in [2.24, 2.45) is 0 Å². The monoisotopic (exact) mass is 418 g/mol. The van der Waals surface area contributed by atoms with E-state index in [1.807, 2.05) is 31.3 Å². The highest BCUT2D eigenvalue weighted by Gasteiger charge is 2.32. The molecule has 1 unspecified atom stereocenters. The molecule has 2 aromatic carbocycles. The smallest absolute Gasteiger partial charge is 0.314 e. The van der Waals surface area contributed by atoms with Gasteiger partial charge in [0.1, 0.15) is 0 Å². The second-order valence-corrected chi connectivity index (χ2v) is 7.66. The minimum atomic E-state index is -0.680. The van der Waals surface area contributed by atoms with Crippen LogP contribution in [0.3, 0.4) is 0 Å². The van der Waals surface area contributed by atoms with Crippen LogP contribution >= 0.6 is 0 Å². The maximum Gasteiger partial charge on any atom is 0.314 e. The number of pyridine rings is 1. The number of aromatic nitrogens is 1. The quantitative estimate of drug-likeness (QED) is 0.644. The lowest BCUT2D eigenvalue weighted by molar-refractivity contribution is -0.144. The molecule has 1 aromatic heterocycles. The molecule has 1 atom stereocenters. The Labute approximate surface area is 179 Å². The van der Waals surface area contributed by atoms with Gasteiger partial charge in [0.2, 0.25) is 6.79 Å². The van der Waals surface area contributed by atoms with Gasteiger partial charge in [-0.1, -0.05) is 18.2 Å². The molecule has 0 saturated carbocycles. The van der Waals surface area contributed by atoms with Crippen molar-refractivity contribution in [1.82, 2.24) is 9.88 Å². The summed E-state index contributed by atoms with van der Waals surface area (Å²) in [7, 11) is 0. The number of piperazine rings is 1. The van der Waals surface area contributed by atoms with Crippen LogP contribution in [0.1, 0.15) is 6.92 Å². The number of para-hydroxylation sites is 1. The molecule has 5 rings (SSSR count). The molecule has 0 aliphatic carbocycles. The molecule has 8 heteroatoms. The molecule has 8 nitrogen and oxygen atoms in total. The number of hydrogen-bond donors (Lipinski definition) is 1. The van der Waals surface area contributed by atoms with Crippen LogP contribution in [-0.4, -0.2) is 54.2 Å². The highest BCUT2D eigenvalue weighted by atomic mass is 16.7. The first-order chi connectivity index (χ1) is 15.1. The number of nitrogens with one attached hydrogen (secondary N) is 1. The van der Waals surface area contributed by atoms with Gasteiger partial charge in [0.25, 0.3) is 0 Å². The fourth-order valence-corrected chi connectivity index (χ4v) is 4.19. The minimum Gasteiger partial charge on any atom is -0.454 e. The Balaban J connectivity index is 1.29. The number of rotatable bonds is 2. The number of carbonyl (C=O) groups excluding carboxylic acids is 2. The van der Waals surface area contributed by atoms with Crippen LogP contribution in [0.25, 0.3) is 10.8 Å². The van der Waals surface area contributed by atoms with E-state index in [0.29, 0.717) is 36.8 Å². The summed E-state index contributed by atoms with van der Waals surface area (Å²) in [5, 5.41) is 4.87. The summed E-state index contributed by atoms with van der Waals surface area (Å²) in [4.78, 5) is 33.6. The lowest BCUT2D eigenvalue weighted by atomic mass is 10.1. The van der Waals surface area contributed by atoms with E-state index >= 15 is 0 Å².